The van der Waals surface area contributed by atoms with Crippen molar-refractivity contribution in [3.63, 3.8) is 0 Å². The first kappa shape index (κ1) is 95.9. The second-order valence-corrected chi connectivity index (χ2v) is 48.5. The molecule has 8 heterocycles. The number of furan rings is 2. The van der Waals surface area contributed by atoms with Gasteiger partial charge in [-0.05, 0) is 191 Å². The molecular formula is C109H93N7O20Si3. The van der Waals surface area contributed by atoms with E-state index in [-0.39, 0.29) is 125 Å². The van der Waals surface area contributed by atoms with E-state index in [0.29, 0.717) is 6.54 Å². The van der Waals surface area contributed by atoms with Gasteiger partial charge in [-0.3, -0.25) is 84.9 Å². The van der Waals surface area contributed by atoms with Crippen LogP contribution in [0.25, 0.3) is 117 Å². The van der Waals surface area contributed by atoms with Gasteiger partial charge in [0.05, 0.1) is 125 Å². The number of aryl methyl sites for hydroxylation is 2. The second kappa shape index (κ2) is 38.9. The molecular weight excluding hydrogens is 1810 g/mol. The van der Waals surface area contributed by atoms with Gasteiger partial charge in [-0.15, -0.1) is 0 Å². The Morgan fingerprint density at radius 1 is 0.237 bits per heavy atom. The number of aromatic nitrogens is 6. The van der Waals surface area contributed by atoms with Crippen LogP contribution in [0.2, 0.25) is 51.4 Å². The van der Waals surface area contributed by atoms with Crippen molar-refractivity contribution in [1.82, 2.24) is 27.4 Å². The highest BCUT2D eigenvalue weighted by atomic mass is 28.5. The molecule has 27 nitrogen and oxygen atoms in total. The molecule has 19 rings (SSSR count). The molecule has 0 unspecified atom stereocenters. The van der Waals surface area contributed by atoms with Crippen molar-refractivity contribution >= 4 is 142 Å². The highest BCUT2D eigenvalue weighted by Crippen LogP contribution is 2.29. The topological polar surface area (TPSA) is 373 Å². The summed E-state index contributed by atoms with van der Waals surface area (Å²) in [7, 11) is -6.99. The van der Waals surface area contributed by atoms with Gasteiger partial charge in [0.15, 0.2) is 16.6 Å². The quantitative estimate of drug-likeness (QED) is 0.0445. The average molecular weight is 1910 g/mol. The number of hydrogen-bond donors (Lipinski definition) is 1. The molecule has 0 saturated heterocycles. The van der Waals surface area contributed by atoms with Gasteiger partial charge in [0.25, 0.3) is 66.7 Å². The van der Waals surface area contributed by atoms with Gasteiger partial charge in [0.1, 0.15) is 0 Å². The van der Waals surface area contributed by atoms with E-state index in [9.17, 15) is 76.7 Å². The van der Waals surface area contributed by atoms with Gasteiger partial charge in [-0.1, -0.05) is 233 Å². The molecule has 0 radical (unpaired) electrons. The molecule has 0 fully saturated rings. The number of fused-ring (bicyclic) bond motifs is 8. The standard InChI is InChI=1S/C62H60N4O10Si3.C28H20N2O4.C10H2O6.C9H11N/c1-9-39-11-19-43(20-12-39)35-63-55(67)47-31-51-52(32-48(47)56(63)68)60(72)65(59(51)71)37-45-23-15-41(16-24-45)27-29-77(3,4)75-79(7,8)76-78(5,6)30-28-42-17-25-46(26-18-42)38-66-61(73)53-33-49-50(34-54(53)62(66)74)58(70)64(57(49)69)36-44-21-13-40(10-2)14-22-44;1-3-17-5-9-19(10-6-17)15-29-25(31)21-13-23-24(14-22(21)26(29)32)28(34)30(27(23)33)16-20-11-7-18(4-2)8-12-20;11-7-3-1-4-6(10(14)16-8(4)12)2-5(3)9(13)15-7;1-2-8-3-5-9(7-10)6-4-8/h9-26,31-34H,1-2,27-30,35-38H2,3-8H3;3-14H,1-2,15-16H2;1-2H;2-6H,1,7,10H2. The van der Waals surface area contributed by atoms with Crippen molar-refractivity contribution in [3.05, 3.63) is 495 Å². The molecule has 19 aromatic rings. The summed E-state index contributed by atoms with van der Waals surface area (Å²) in [6.07, 6.45) is 10.2. The Morgan fingerprint density at radius 3 is 0.554 bits per heavy atom. The molecule has 0 bridgehead atoms. The maximum absolute atomic E-state index is 13.6. The summed E-state index contributed by atoms with van der Waals surface area (Å²) in [4.78, 5) is 205. The second-order valence-electron chi connectivity index (χ2n) is 36.0. The summed E-state index contributed by atoms with van der Waals surface area (Å²) >= 11 is 0. The molecule has 0 aliphatic rings. The molecule has 696 valence electrons. The molecule has 139 heavy (non-hydrogen) atoms. The van der Waals surface area contributed by atoms with Crippen LogP contribution < -0.4 is 94.9 Å². The number of hydrogen-bond acceptors (Lipinski definition) is 21. The summed E-state index contributed by atoms with van der Waals surface area (Å²) in [6.45, 7) is 32.7. The van der Waals surface area contributed by atoms with Gasteiger partial charge in [-0.2, -0.15) is 0 Å². The molecule has 0 aliphatic heterocycles. The van der Waals surface area contributed by atoms with E-state index >= 15 is 0 Å². The fourth-order valence-electron chi connectivity index (χ4n) is 17.6. The fraction of sp³-hybridized carbons (Fsp3) is 0.156. The summed E-state index contributed by atoms with van der Waals surface area (Å²) in [5, 5.41) is 1.42. The largest absolute Gasteiger partial charge is 0.436 e. The number of nitrogens with zero attached hydrogens (tertiary/aromatic N) is 6. The lowest BCUT2D eigenvalue weighted by Gasteiger charge is -2.39. The first-order chi connectivity index (χ1) is 66.4. The first-order valence-electron chi connectivity index (χ1n) is 44.6. The summed E-state index contributed by atoms with van der Waals surface area (Å²) < 4.78 is 29.4. The van der Waals surface area contributed by atoms with Gasteiger partial charge >= 0.3 is 31.1 Å². The average Bonchev–Trinajstić information content (AvgIpc) is 1.59. The third-order valence-corrected chi connectivity index (χ3v) is 36.3. The number of benzene rings is 11. The van der Waals surface area contributed by atoms with Crippen LogP contribution in [0.15, 0.2) is 337 Å². The van der Waals surface area contributed by atoms with Gasteiger partial charge in [0, 0.05) is 6.54 Å². The van der Waals surface area contributed by atoms with Crippen molar-refractivity contribution < 1.29 is 17.1 Å². The summed E-state index contributed by atoms with van der Waals surface area (Å²) in [5.41, 5.74) is 8.98. The smallest absolute Gasteiger partial charge is 0.346 e. The maximum Gasteiger partial charge on any atom is 0.346 e. The zero-order valence-corrected chi connectivity index (χ0v) is 79.9. The van der Waals surface area contributed by atoms with E-state index < -0.39 is 114 Å². The van der Waals surface area contributed by atoms with Crippen molar-refractivity contribution in [2.24, 2.45) is 5.73 Å². The Kier molecular flexibility index (Phi) is 26.8. The lowest BCUT2D eigenvalue weighted by atomic mass is 10.1. The Balaban J connectivity index is 0.000000186. The van der Waals surface area contributed by atoms with Crippen LogP contribution in [0.4, 0.5) is 0 Å². The van der Waals surface area contributed by atoms with E-state index in [2.05, 4.69) is 81.0 Å². The van der Waals surface area contributed by atoms with Crippen LogP contribution in [-0.4, -0.2) is 52.6 Å². The van der Waals surface area contributed by atoms with Crippen LogP contribution in [0, 0.1) is 0 Å². The van der Waals surface area contributed by atoms with Crippen LogP contribution in [0.3, 0.4) is 0 Å². The monoisotopic (exact) mass is 1900 g/mol. The summed E-state index contributed by atoms with van der Waals surface area (Å²) in [5.74, 6) is 0. The predicted molar refractivity (Wildman–Crippen MR) is 558 cm³/mol. The Bertz CT molecular complexity index is 8320. The minimum Gasteiger partial charge on any atom is -0.436 e. The molecule has 8 aromatic heterocycles. The highest BCUT2D eigenvalue weighted by molar-refractivity contribution is 6.87. The first-order valence-corrected chi connectivity index (χ1v) is 53.7. The Labute approximate surface area is 792 Å². The van der Waals surface area contributed by atoms with Crippen molar-refractivity contribution in [1.29, 1.82) is 0 Å². The highest BCUT2D eigenvalue weighted by Gasteiger charge is 2.40. The maximum atomic E-state index is 13.6. The number of nitrogens with two attached hydrogens (primary N) is 1. The molecule has 0 saturated carbocycles. The van der Waals surface area contributed by atoms with E-state index in [1.807, 2.05) is 176 Å². The SMILES string of the molecule is C=Cc1ccc(CN)cc1.C=Cc1ccc(Cn2c(=O)c3cc4c(=O)n(Cc5ccc(C=C)cc5)c(=O)c4cc3c2=O)cc1.C=Cc1ccc(Cn2c(=O)c3cc4c(=O)n(Cc5ccc(CC[Si](C)(C)O[Si](C)(C)O[Si](C)(C)CCc6ccc(Cn7c(=O)c8cc9c(=O)n(Cc%10ccc(C=C)cc%10)c(=O)c9cc8c7=O)cc6)cc5)c(=O)c4cc3c2=O)cc1.O=c1oc(=O)c2cc3c(=O)oc(=O)c3cc12. The molecule has 0 amide bonds. The normalized spacial score (nSPS) is 11.8. The molecule has 2 N–H and O–H groups in total. The van der Waals surface area contributed by atoms with Gasteiger partial charge < -0.3 is 22.8 Å². The van der Waals surface area contributed by atoms with Gasteiger partial charge in [-0.25, -0.2) is 19.2 Å². The van der Waals surface area contributed by atoms with Gasteiger partial charge in [0.2, 0.25) is 0 Å². The molecule has 11 aromatic carbocycles. The van der Waals surface area contributed by atoms with Crippen LogP contribution in [0.1, 0.15) is 77.9 Å². The van der Waals surface area contributed by atoms with Crippen LogP contribution in [0.5, 0.6) is 0 Å². The van der Waals surface area contributed by atoms with Crippen molar-refractivity contribution in [2.75, 3.05) is 0 Å². The molecule has 0 atom stereocenters. The minimum atomic E-state index is -2.56. The summed E-state index contributed by atoms with van der Waals surface area (Å²) in [6, 6.07) is 65.5. The predicted octanol–water partition coefficient (Wildman–Crippen LogP) is 13.1. The van der Waals surface area contributed by atoms with Crippen molar-refractivity contribution in [3.8, 4) is 0 Å². The third kappa shape index (κ3) is 19.7. The fourth-order valence-corrected chi connectivity index (χ4v) is 31.4. The third-order valence-electron chi connectivity index (χ3n) is 25.1. The number of rotatable bonds is 28. The van der Waals surface area contributed by atoms with Crippen LogP contribution >= 0.6 is 0 Å². The van der Waals surface area contributed by atoms with Crippen LogP contribution in [-0.2, 0) is 66.9 Å². The molecule has 0 aliphatic carbocycles. The lowest BCUT2D eigenvalue weighted by molar-refractivity contribution is 0.388. The lowest BCUT2D eigenvalue weighted by Crippen LogP contribution is -2.52. The minimum absolute atomic E-state index is 0.0181. The molecule has 30 heteroatoms. The van der Waals surface area contributed by atoms with Crippen molar-refractivity contribution in [2.45, 2.75) is 110 Å². The van der Waals surface area contributed by atoms with E-state index in [4.69, 9.17) is 14.0 Å². The Hall–Kier alpha value is -16.2. The Morgan fingerprint density at radius 2 is 0.388 bits per heavy atom. The zero-order chi connectivity index (χ0) is 99.1. The zero-order valence-electron chi connectivity index (χ0n) is 76.9. The van der Waals surface area contributed by atoms with E-state index in [1.165, 1.54) is 36.4 Å². The van der Waals surface area contributed by atoms with E-state index in [1.54, 1.807) is 24.3 Å². The van der Waals surface area contributed by atoms with E-state index in [0.717, 1.165) is 142 Å². The molecule has 0 spiro atoms.